The van der Waals surface area contributed by atoms with Crippen LogP contribution >= 0.6 is 15.9 Å². The highest BCUT2D eigenvalue weighted by Crippen LogP contribution is 2.15. The van der Waals surface area contributed by atoms with Gasteiger partial charge in [-0.05, 0) is 12.8 Å². The molecule has 0 bridgehead atoms. The maximum Gasteiger partial charge on any atom is 0.0932 e. The van der Waals surface area contributed by atoms with E-state index in [1.54, 1.807) is 6.26 Å². The lowest BCUT2D eigenvalue weighted by Gasteiger charge is -2.01. The summed E-state index contributed by atoms with van der Waals surface area (Å²) in [6, 6.07) is 0. The summed E-state index contributed by atoms with van der Waals surface area (Å²) in [7, 11) is 0. The predicted octanol–water partition coefficient (Wildman–Crippen LogP) is 2.92. The zero-order valence-electron chi connectivity index (χ0n) is 6.15. The molecule has 0 amide bonds. The van der Waals surface area contributed by atoms with Crippen molar-refractivity contribution in [1.29, 1.82) is 0 Å². The van der Waals surface area contributed by atoms with Gasteiger partial charge in [0.1, 0.15) is 0 Å². The van der Waals surface area contributed by atoms with Gasteiger partial charge in [0.25, 0.3) is 0 Å². The minimum Gasteiger partial charge on any atom is -0.501 e. The fraction of sp³-hybridized carbons (Fsp3) is 0.714. The van der Waals surface area contributed by atoms with Gasteiger partial charge < -0.3 is 4.74 Å². The Labute approximate surface area is 65.2 Å². The SMILES string of the molecule is CCOC=C(Br)C(C)C. The van der Waals surface area contributed by atoms with Gasteiger partial charge in [0.05, 0.1) is 12.9 Å². The molecule has 0 rings (SSSR count). The van der Waals surface area contributed by atoms with Crippen LogP contribution in [0.5, 0.6) is 0 Å². The molecule has 1 nitrogen and oxygen atoms in total. The standard InChI is InChI=1S/C7H13BrO/c1-4-9-5-7(8)6(2)3/h5-6H,4H2,1-3H3. The van der Waals surface area contributed by atoms with Crippen molar-refractivity contribution in [1.82, 2.24) is 0 Å². The summed E-state index contributed by atoms with van der Waals surface area (Å²) in [5, 5.41) is 0. The molecule has 0 heterocycles. The molecule has 2 heteroatoms. The summed E-state index contributed by atoms with van der Waals surface area (Å²) < 4.78 is 6.16. The van der Waals surface area contributed by atoms with Gasteiger partial charge in [-0.25, -0.2) is 0 Å². The smallest absolute Gasteiger partial charge is 0.0932 e. The molecule has 0 unspecified atom stereocenters. The van der Waals surface area contributed by atoms with Gasteiger partial charge in [-0.3, -0.25) is 0 Å². The second-order valence-electron chi connectivity index (χ2n) is 2.11. The van der Waals surface area contributed by atoms with E-state index in [1.807, 2.05) is 6.92 Å². The van der Waals surface area contributed by atoms with Gasteiger partial charge in [-0.2, -0.15) is 0 Å². The van der Waals surface area contributed by atoms with Gasteiger partial charge in [0.15, 0.2) is 0 Å². The van der Waals surface area contributed by atoms with E-state index < -0.39 is 0 Å². The van der Waals surface area contributed by atoms with Crippen molar-refractivity contribution in [3.8, 4) is 0 Å². The summed E-state index contributed by atoms with van der Waals surface area (Å²) in [5.41, 5.74) is 0. The Morgan fingerprint density at radius 1 is 1.67 bits per heavy atom. The fourth-order valence-corrected chi connectivity index (χ4v) is 0.431. The van der Waals surface area contributed by atoms with E-state index in [9.17, 15) is 0 Å². The quantitative estimate of drug-likeness (QED) is 0.626. The molecule has 0 saturated carbocycles. The zero-order valence-corrected chi connectivity index (χ0v) is 7.73. The maximum absolute atomic E-state index is 5.05. The van der Waals surface area contributed by atoms with Gasteiger partial charge in [-0.15, -0.1) is 0 Å². The summed E-state index contributed by atoms with van der Waals surface area (Å²) in [4.78, 5) is 0. The zero-order chi connectivity index (χ0) is 7.28. The van der Waals surface area contributed by atoms with Crippen LogP contribution in [0.2, 0.25) is 0 Å². The lowest BCUT2D eigenvalue weighted by Crippen LogP contribution is -1.87. The lowest BCUT2D eigenvalue weighted by atomic mass is 10.2. The molecule has 0 aromatic rings. The van der Waals surface area contributed by atoms with E-state index in [4.69, 9.17) is 4.74 Å². The number of halogens is 1. The van der Waals surface area contributed by atoms with Crippen molar-refractivity contribution in [2.24, 2.45) is 5.92 Å². The first-order valence-electron chi connectivity index (χ1n) is 3.15. The summed E-state index contributed by atoms with van der Waals surface area (Å²) >= 11 is 3.38. The van der Waals surface area contributed by atoms with Crippen molar-refractivity contribution >= 4 is 15.9 Å². The highest BCUT2D eigenvalue weighted by atomic mass is 79.9. The van der Waals surface area contributed by atoms with Crippen LogP contribution in [0.3, 0.4) is 0 Å². The van der Waals surface area contributed by atoms with Crippen molar-refractivity contribution in [3.63, 3.8) is 0 Å². The molecular weight excluding hydrogens is 180 g/mol. The third-order valence-electron chi connectivity index (χ3n) is 0.914. The Morgan fingerprint density at radius 2 is 2.22 bits per heavy atom. The first-order chi connectivity index (χ1) is 4.18. The normalized spacial score (nSPS) is 12.3. The van der Waals surface area contributed by atoms with Crippen molar-refractivity contribution in [2.75, 3.05) is 6.61 Å². The summed E-state index contributed by atoms with van der Waals surface area (Å²) in [6.07, 6.45) is 1.75. The molecule has 0 atom stereocenters. The lowest BCUT2D eigenvalue weighted by molar-refractivity contribution is 0.266. The summed E-state index contributed by atoms with van der Waals surface area (Å²) in [5.74, 6) is 0.525. The molecule has 0 aliphatic rings. The van der Waals surface area contributed by atoms with Crippen LogP contribution in [0.15, 0.2) is 10.7 Å². The Balaban J connectivity index is 3.55. The number of allylic oxidation sites excluding steroid dienone is 1. The molecule has 0 N–H and O–H groups in total. The molecule has 0 aromatic heterocycles. The van der Waals surface area contributed by atoms with Crippen molar-refractivity contribution in [2.45, 2.75) is 20.8 Å². The molecule has 0 aliphatic heterocycles. The Morgan fingerprint density at radius 3 is 2.56 bits per heavy atom. The monoisotopic (exact) mass is 192 g/mol. The minimum atomic E-state index is 0.525. The molecular formula is C7H13BrO. The van der Waals surface area contributed by atoms with E-state index in [0.29, 0.717) is 5.92 Å². The molecule has 0 aromatic carbocycles. The van der Waals surface area contributed by atoms with Gasteiger partial charge in [0.2, 0.25) is 0 Å². The Bertz CT molecular complexity index is 97.1. The highest BCUT2D eigenvalue weighted by molar-refractivity contribution is 9.11. The summed E-state index contributed by atoms with van der Waals surface area (Å²) in [6.45, 7) is 6.93. The molecule has 9 heavy (non-hydrogen) atoms. The largest absolute Gasteiger partial charge is 0.501 e. The number of rotatable bonds is 3. The third-order valence-corrected chi connectivity index (χ3v) is 2.02. The van der Waals surface area contributed by atoms with E-state index >= 15 is 0 Å². The van der Waals surface area contributed by atoms with Crippen molar-refractivity contribution < 1.29 is 4.74 Å². The van der Waals surface area contributed by atoms with Crippen LogP contribution in [0.4, 0.5) is 0 Å². The average Bonchev–Trinajstić information content (AvgIpc) is 1.82. The highest BCUT2D eigenvalue weighted by Gasteiger charge is 1.96. The van der Waals surface area contributed by atoms with Crippen molar-refractivity contribution in [3.05, 3.63) is 10.7 Å². The molecule has 54 valence electrons. The van der Waals surface area contributed by atoms with E-state index in [0.717, 1.165) is 11.1 Å². The second-order valence-corrected chi connectivity index (χ2v) is 3.03. The Hall–Kier alpha value is 0.0200. The third kappa shape index (κ3) is 4.52. The van der Waals surface area contributed by atoms with Crippen LogP contribution in [0, 0.1) is 5.92 Å². The van der Waals surface area contributed by atoms with Crippen LogP contribution < -0.4 is 0 Å². The first kappa shape index (κ1) is 9.02. The van der Waals surface area contributed by atoms with Crippen LogP contribution in [0.25, 0.3) is 0 Å². The van der Waals surface area contributed by atoms with E-state index in [-0.39, 0.29) is 0 Å². The van der Waals surface area contributed by atoms with Crippen LogP contribution in [0.1, 0.15) is 20.8 Å². The van der Waals surface area contributed by atoms with Crippen LogP contribution in [-0.4, -0.2) is 6.61 Å². The molecule has 0 fully saturated rings. The van der Waals surface area contributed by atoms with E-state index in [1.165, 1.54) is 0 Å². The van der Waals surface area contributed by atoms with Crippen LogP contribution in [-0.2, 0) is 4.74 Å². The number of hydrogen-bond donors (Lipinski definition) is 0. The molecule has 0 spiro atoms. The first-order valence-corrected chi connectivity index (χ1v) is 3.95. The minimum absolute atomic E-state index is 0.525. The average molecular weight is 193 g/mol. The molecule has 0 aliphatic carbocycles. The fourth-order valence-electron chi connectivity index (χ4n) is 0.299. The number of ether oxygens (including phenoxy) is 1. The Kier molecular flexibility index (Phi) is 4.87. The number of hydrogen-bond acceptors (Lipinski definition) is 1. The van der Waals surface area contributed by atoms with Gasteiger partial charge in [-0.1, -0.05) is 29.8 Å². The molecule has 0 radical (unpaired) electrons. The van der Waals surface area contributed by atoms with Gasteiger partial charge in [0, 0.05) is 4.48 Å². The van der Waals surface area contributed by atoms with E-state index in [2.05, 4.69) is 29.8 Å². The topological polar surface area (TPSA) is 9.23 Å². The maximum atomic E-state index is 5.05. The second kappa shape index (κ2) is 4.86. The molecule has 0 saturated heterocycles. The predicted molar refractivity (Wildman–Crippen MR) is 43.5 cm³/mol. The van der Waals surface area contributed by atoms with Gasteiger partial charge >= 0.3 is 0 Å².